The molecule has 0 saturated carbocycles. The molecule has 1 unspecified atom stereocenters. The van der Waals surface area contributed by atoms with Crippen LogP contribution in [0.1, 0.15) is 18.9 Å². The van der Waals surface area contributed by atoms with Crippen molar-refractivity contribution in [2.24, 2.45) is 0 Å². The van der Waals surface area contributed by atoms with Crippen molar-refractivity contribution in [3.63, 3.8) is 0 Å². The van der Waals surface area contributed by atoms with Crippen LogP contribution in [0.3, 0.4) is 0 Å². The summed E-state index contributed by atoms with van der Waals surface area (Å²) in [4.78, 5) is 6.70. The van der Waals surface area contributed by atoms with E-state index in [-0.39, 0.29) is 0 Å². The average Bonchev–Trinajstić information content (AvgIpc) is 3.22. The first-order valence-corrected chi connectivity index (χ1v) is 8.22. The average molecular weight is 315 g/mol. The van der Waals surface area contributed by atoms with Gasteiger partial charge >= 0.3 is 0 Å². The van der Waals surface area contributed by atoms with Gasteiger partial charge in [0.05, 0.1) is 19.3 Å². The fourth-order valence-corrected chi connectivity index (χ4v) is 2.87. The van der Waals surface area contributed by atoms with E-state index < -0.39 is 0 Å². The molecule has 5 nitrogen and oxygen atoms in total. The summed E-state index contributed by atoms with van der Waals surface area (Å²) in [5, 5.41) is 0. The highest BCUT2D eigenvalue weighted by Gasteiger charge is 2.20. The Morgan fingerprint density at radius 1 is 1.39 bits per heavy atom. The smallest absolute Gasteiger partial charge is 0.140 e. The Morgan fingerprint density at radius 3 is 3.09 bits per heavy atom. The second kappa shape index (κ2) is 7.62. The van der Waals surface area contributed by atoms with Crippen molar-refractivity contribution in [2.45, 2.75) is 18.9 Å². The van der Waals surface area contributed by atoms with E-state index in [1.807, 2.05) is 24.5 Å². The molecule has 0 aliphatic carbocycles. The van der Waals surface area contributed by atoms with E-state index in [9.17, 15) is 0 Å². The van der Waals surface area contributed by atoms with Gasteiger partial charge in [-0.3, -0.25) is 0 Å². The highest BCUT2D eigenvalue weighted by atomic mass is 16.5. The topological polar surface area (TPSA) is 39.5 Å². The fraction of sp³-hybridized carbons (Fsp3) is 0.500. The van der Waals surface area contributed by atoms with Crippen LogP contribution in [0.2, 0.25) is 0 Å². The molecule has 0 spiro atoms. The van der Waals surface area contributed by atoms with E-state index >= 15 is 0 Å². The molecule has 0 bridgehead atoms. The number of ether oxygens (including phenoxy) is 2. The second-order valence-electron chi connectivity index (χ2n) is 6.21. The maximum absolute atomic E-state index is 5.87. The minimum absolute atomic E-state index is 0.386. The van der Waals surface area contributed by atoms with E-state index in [1.54, 1.807) is 0 Å². The second-order valence-corrected chi connectivity index (χ2v) is 6.21. The normalized spacial score (nSPS) is 17.8. The monoisotopic (exact) mass is 315 g/mol. The minimum Gasteiger partial charge on any atom is -0.494 e. The first-order valence-electron chi connectivity index (χ1n) is 8.22. The van der Waals surface area contributed by atoms with Crippen molar-refractivity contribution < 1.29 is 9.47 Å². The third kappa shape index (κ3) is 4.12. The van der Waals surface area contributed by atoms with Crippen LogP contribution in [0.15, 0.2) is 36.7 Å². The minimum atomic E-state index is 0.386. The Kier molecular flexibility index (Phi) is 5.31. The summed E-state index contributed by atoms with van der Waals surface area (Å²) in [5.74, 6) is 1.89. The van der Waals surface area contributed by atoms with Crippen molar-refractivity contribution in [3.8, 4) is 17.1 Å². The van der Waals surface area contributed by atoms with Crippen molar-refractivity contribution in [3.05, 3.63) is 36.7 Å². The number of rotatable bonds is 7. The lowest BCUT2D eigenvalue weighted by molar-refractivity contribution is 0.187. The molecule has 0 radical (unpaired) electrons. The lowest BCUT2D eigenvalue weighted by atomic mass is 10.2. The van der Waals surface area contributed by atoms with Crippen LogP contribution in [0.4, 0.5) is 0 Å². The Morgan fingerprint density at radius 2 is 2.30 bits per heavy atom. The van der Waals surface area contributed by atoms with E-state index in [0.29, 0.717) is 6.04 Å². The summed E-state index contributed by atoms with van der Waals surface area (Å²) in [7, 11) is 4.15. The van der Waals surface area contributed by atoms with Crippen molar-refractivity contribution >= 4 is 0 Å². The molecule has 1 aromatic heterocycles. The largest absolute Gasteiger partial charge is 0.494 e. The lowest BCUT2D eigenvalue weighted by Crippen LogP contribution is -2.15. The van der Waals surface area contributed by atoms with E-state index in [4.69, 9.17) is 9.47 Å². The molecular weight excluding hydrogens is 290 g/mol. The van der Waals surface area contributed by atoms with Gasteiger partial charge in [0, 0.05) is 31.1 Å². The third-order valence-electron chi connectivity index (χ3n) is 4.08. The Labute approximate surface area is 137 Å². The van der Waals surface area contributed by atoms with Crippen molar-refractivity contribution in [2.75, 3.05) is 40.5 Å². The molecule has 1 atom stereocenters. The Bertz CT molecular complexity index is 618. The molecule has 124 valence electrons. The number of nitrogens with zero attached hydrogens (tertiary/aromatic N) is 3. The van der Waals surface area contributed by atoms with Crippen LogP contribution in [0, 0.1) is 0 Å². The van der Waals surface area contributed by atoms with Gasteiger partial charge in [0.25, 0.3) is 0 Å². The first kappa shape index (κ1) is 16.0. The van der Waals surface area contributed by atoms with Crippen LogP contribution >= 0.6 is 0 Å². The van der Waals surface area contributed by atoms with Crippen molar-refractivity contribution in [1.82, 2.24) is 14.5 Å². The molecule has 0 N–H and O–H groups in total. The van der Waals surface area contributed by atoms with Gasteiger partial charge in [-0.25, -0.2) is 4.98 Å². The first-order chi connectivity index (χ1) is 11.2. The van der Waals surface area contributed by atoms with Gasteiger partial charge in [-0.1, -0.05) is 12.1 Å². The Balaban J connectivity index is 1.69. The Hall–Kier alpha value is -1.85. The SMILES string of the molecule is CN(C)CCCOc1cccc(-c2nccn2C2CCOC2)c1. The molecular formula is C18H25N3O2. The summed E-state index contributed by atoms with van der Waals surface area (Å²) >= 11 is 0. The van der Waals surface area contributed by atoms with Crippen LogP contribution < -0.4 is 4.74 Å². The molecule has 5 heteroatoms. The van der Waals surface area contributed by atoms with Crippen LogP contribution in [0.25, 0.3) is 11.4 Å². The molecule has 23 heavy (non-hydrogen) atoms. The lowest BCUT2D eigenvalue weighted by Gasteiger charge is -2.14. The summed E-state index contributed by atoms with van der Waals surface area (Å²) in [6.07, 6.45) is 5.97. The molecule has 2 heterocycles. The third-order valence-corrected chi connectivity index (χ3v) is 4.08. The predicted octanol–water partition coefficient (Wildman–Crippen LogP) is 2.84. The molecule has 1 aliphatic rings. The number of benzene rings is 1. The quantitative estimate of drug-likeness (QED) is 0.737. The molecule has 3 rings (SSSR count). The predicted molar refractivity (Wildman–Crippen MR) is 90.8 cm³/mol. The van der Waals surface area contributed by atoms with Crippen LogP contribution in [-0.4, -0.2) is 54.9 Å². The van der Waals surface area contributed by atoms with E-state index in [2.05, 4.69) is 40.7 Å². The van der Waals surface area contributed by atoms with Crippen LogP contribution in [0.5, 0.6) is 5.75 Å². The summed E-state index contributed by atoms with van der Waals surface area (Å²) in [6, 6.07) is 8.58. The van der Waals surface area contributed by atoms with Gasteiger partial charge in [-0.2, -0.15) is 0 Å². The van der Waals surface area contributed by atoms with Crippen molar-refractivity contribution in [1.29, 1.82) is 0 Å². The van der Waals surface area contributed by atoms with Gasteiger partial charge < -0.3 is 18.9 Å². The summed E-state index contributed by atoms with van der Waals surface area (Å²) in [6.45, 7) is 3.36. The molecule has 1 fully saturated rings. The van der Waals surface area contributed by atoms with E-state index in [0.717, 1.165) is 56.3 Å². The maximum Gasteiger partial charge on any atom is 0.140 e. The summed E-state index contributed by atoms with van der Waals surface area (Å²) < 4.78 is 13.6. The number of imidazole rings is 1. The fourth-order valence-electron chi connectivity index (χ4n) is 2.87. The number of aromatic nitrogens is 2. The van der Waals surface area contributed by atoms with Gasteiger partial charge in [0.1, 0.15) is 11.6 Å². The van der Waals surface area contributed by atoms with Gasteiger partial charge in [0.2, 0.25) is 0 Å². The van der Waals surface area contributed by atoms with Gasteiger partial charge in [-0.05, 0) is 39.1 Å². The molecule has 1 saturated heterocycles. The number of hydrogen-bond donors (Lipinski definition) is 0. The highest BCUT2D eigenvalue weighted by Crippen LogP contribution is 2.28. The highest BCUT2D eigenvalue weighted by molar-refractivity contribution is 5.58. The number of hydrogen-bond acceptors (Lipinski definition) is 4. The standard InChI is InChI=1S/C18H25N3O2/c1-20(2)9-4-11-23-17-6-3-5-15(13-17)18-19-8-10-21(18)16-7-12-22-14-16/h3,5-6,8,10,13,16H,4,7,9,11-12,14H2,1-2H3. The zero-order chi connectivity index (χ0) is 16.1. The summed E-state index contributed by atoms with van der Waals surface area (Å²) in [5.41, 5.74) is 1.09. The maximum atomic E-state index is 5.87. The van der Waals surface area contributed by atoms with E-state index in [1.165, 1.54) is 0 Å². The zero-order valence-electron chi connectivity index (χ0n) is 13.9. The molecule has 2 aromatic rings. The molecule has 1 aliphatic heterocycles. The molecule has 0 amide bonds. The molecule has 1 aromatic carbocycles. The van der Waals surface area contributed by atoms with Gasteiger partial charge in [0.15, 0.2) is 0 Å². The van der Waals surface area contributed by atoms with Crippen LogP contribution in [-0.2, 0) is 4.74 Å². The zero-order valence-corrected chi connectivity index (χ0v) is 13.9. The van der Waals surface area contributed by atoms with Gasteiger partial charge in [-0.15, -0.1) is 0 Å².